The third-order valence-electron chi connectivity index (χ3n) is 4.11. The Labute approximate surface area is 139 Å². The number of anilines is 3. The molecule has 126 valence electrons. The first-order valence-electron chi connectivity index (χ1n) is 8.18. The second kappa shape index (κ2) is 7.67. The van der Waals surface area contributed by atoms with Crippen molar-refractivity contribution in [2.45, 2.75) is 44.6 Å². The van der Waals surface area contributed by atoms with Crippen molar-refractivity contribution in [1.29, 1.82) is 0 Å². The van der Waals surface area contributed by atoms with E-state index < -0.39 is 4.92 Å². The van der Waals surface area contributed by atoms with E-state index in [1.54, 1.807) is 24.4 Å². The number of nitrogens with zero attached hydrogens (tertiary/aromatic N) is 4. The van der Waals surface area contributed by atoms with Gasteiger partial charge in [-0.05, 0) is 25.0 Å². The third kappa shape index (κ3) is 3.95. The molecule has 0 aliphatic heterocycles. The average molecular weight is 328 g/mol. The van der Waals surface area contributed by atoms with Crippen LogP contribution in [0.4, 0.5) is 23.1 Å². The van der Waals surface area contributed by atoms with Gasteiger partial charge >= 0.3 is 5.69 Å². The molecule has 1 fully saturated rings. The molecule has 0 unspecified atom stereocenters. The Kier molecular flexibility index (Phi) is 5.15. The maximum atomic E-state index is 11.6. The van der Waals surface area contributed by atoms with Crippen LogP contribution < -0.4 is 10.6 Å². The fourth-order valence-corrected chi connectivity index (χ4v) is 2.92. The highest BCUT2D eigenvalue weighted by atomic mass is 16.6. The average Bonchev–Trinajstić information content (AvgIpc) is 2.84. The van der Waals surface area contributed by atoms with Gasteiger partial charge < -0.3 is 10.6 Å². The quantitative estimate of drug-likeness (QED) is 0.490. The summed E-state index contributed by atoms with van der Waals surface area (Å²) in [4.78, 5) is 23.4. The van der Waals surface area contributed by atoms with Crippen LogP contribution in [0.15, 0.2) is 30.7 Å². The van der Waals surface area contributed by atoms with E-state index >= 15 is 0 Å². The summed E-state index contributed by atoms with van der Waals surface area (Å²) in [5.41, 5.74) is -0.146. The Morgan fingerprint density at radius 2 is 1.79 bits per heavy atom. The molecule has 0 spiro atoms. The summed E-state index contributed by atoms with van der Waals surface area (Å²) in [6, 6.07) is 5.51. The minimum absolute atomic E-state index is 0.143. The van der Waals surface area contributed by atoms with Crippen LogP contribution >= 0.6 is 0 Å². The Hall–Kier alpha value is -2.77. The fourth-order valence-electron chi connectivity index (χ4n) is 2.92. The van der Waals surface area contributed by atoms with Crippen molar-refractivity contribution < 1.29 is 4.92 Å². The van der Waals surface area contributed by atoms with E-state index in [-0.39, 0.29) is 23.4 Å². The molecule has 2 heterocycles. The van der Waals surface area contributed by atoms with Crippen molar-refractivity contribution in [3.05, 3.63) is 40.8 Å². The smallest absolute Gasteiger partial charge is 0.353 e. The molecule has 2 aromatic rings. The van der Waals surface area contributed by atoms with Gasteiger partial charge in [0.25, 0.3) is 0 Å². The minimum Gasteiger partial charge on any atom is -0.361 e. The topological polar surface area (TPSA) is 106 Å². The highest BCUT2D eigenvalue weighted by Gasteiger charge is 2.25. The van der Waals surface area contributed by atoms with Crippen molar-refractivity contribution in [3.8, 4) is 0 Å². The zero-order chi connectivity index (χ0) is 16.8. The lowest BCUT2D eigenvalue weighted by Crippen LogP contribution is -2.20. The zero-order valence-corrected chi connectivity index (χ0v) is 13.3. The first kappa shape index (κ1) is 16.1. The summed E-state index contributed by atoms with van der Waals surface area (Å²) < 4.78 is 0. The first-order valence-corrected chi connectivity index (χ1v) is 8.18. The monoisotopic (exact) mass is 328 g/mol. The Morgan fingerprint density at radius 1 is 1.04 bits per heavy atom. The third-order valence-corrected chi connectivity index (χ3v) is 4.11. The normalized spacial score (nSPS) is 15.5. The molecule has 0 bridgehead atoms. The van der Waals surface area contributed by atoms with Crippen LogP contribution in [0.1, 0.15) is 38.5 Å². The van der Waals surface area contributed by atoms with Gasteiger partial charge in [-0.3, -0.25) is 10.1 Å². The number of aromatic nitrogens is 3. The number of pyridine rings is 1. The van der Waals surface area contributed by atoms with Gasteiger partial charge in [0.2, 0.25) is 11.6 Å². The molecule has 8 nitrogen and oxygen atoms in total. The van der Waals surface area contributed by atoms with E-state index in [1.165, 1.54) is 19.2 Å². The van der Waals surface area contributed by atoms with Gasteiger partial charge in [-0.25, -0.2) is 15.0 Å². The summed E-state index contributed by atoms with van der Waals surface area (Å²) in [7, 11) is 0. The molecule has 0 aromatic carbocycles. The molecule has 1 aliphatic rings. The van der Waals surface area contributed by atoms with Crippen LogP contribution in [0.2, 0.25) is 0 Å². The van der Waals surface area contributed by atoms with Crippen LogP contribution in [0.25, 0.3) is 0 Å². The van der Waals surface area contributed by atoms with Crippen molar-refractivity contribution in [3.63, 3.8) is 0 Å². The lowest BCUT2D eigenvalue weighted by molar-refractivity contribution is -0.383. The lowest BCUT2D eigenvalue weighted by Gasteiger charge is -2.17. The van der Waals surface area contributed by atoms with E-state index in [1.807, 2.05) is 0 Å². The summed E-state index contributed by atoms with van der Waals surface area (Å²) in [5.74, 6) is 0.907. The minimum atomic E-state index is -0.454. The Morgan fingerprint density at radius 3 is 2.46 bits per heavy atom. The molecule has 0 radical (unpaired) electrons. The van der Waals surface area contributed by atoms with Gasteiger partial charge in [-0.2, -0.15) is 0 Å². The predicted octanol–water partition coefficient (Wildman–Crippen LogP) is 3.66. The van der Waals surface area contributed by atoms with E-state index in [0.29, 0.717) is 5.82 Å². The van der Waals surface area contributed by atoms with Crippen LogP contribution in [-0.2, 0) is 0 Å². The van der Waals surface area contributed by atoms with Crippen molar-refractivity contribution in [2.24, 2.45) is 0 Å². The van der Waals surface area contributed by atoms with Crippen molar-refractivity contribution in [2.75, 3.05) is 10.6 Å². The summed E-state index contributed by atoms with van der Waals surface area (Å²) in [6.07, 6.45) is 9.66. The van der Waals surface area contributed by atoms with Gasteiger partial charge in [0.05, 0.1) is 4.92 Å². The second-order valence-corrected chi connectivity index (χ2v) is 5.85. The molecular formula is C16H20N6O2. The molecule has 24 heavy (non-hydrogen) atoms. The second-order valence-electron chi connectivity index (χ2n) is 5.85. The van der Waals surface area contributed by atoms with Gasteiger partial charge in [-0.15, -0.1) is 0 Å². The molecule has 8 heteroatoms. The maximum absolute atomic E-state index is 11.6. The van der Waals surface area contributed by atoms with Gasteiger partial charge in [0, 0.05) is 12.2 Å². The molecule has 3 rings (SSSR count). The largest absolute Gasteiger partial charge is 0.361 e. The van der Waals surface area contributed by atoms with Crippen molar-refractivity contribution >= 4 is 23.1 Å². The molecule has 1 saturated carbocycles. The predicted molar refractivity (Wildman–Crippen MR) is 91.3 cm³/mol. The molecular weight excluding hydrogens is 308 g/mol. The van der Waals surface area contributed by atoms with E-state index in [9.17, 15) is 10.1 Å². The Balaban J connectivity index is 1.86. The summed E-state index contributed by atoms with van der Waals surface area (Å²) >= 11 is 0. The van der Waals surface area contributed by atoms with Gasteiger partial charge in [0.15, 0.2) is 0 Å². The number of nitrogens with one attached hydrogen (secondary N) is 2. The zero-order valence-electron chi connectivity index (χ0n) is 13.3. The summed E-state index contributed by atoms with van der Waals surface area (Å²) in [5, 5.41) is 17.7. The number of rotatable bonds is 5. The van der Waals surface area contributed by atoms with Crippen LogP contribution in [0.5, 0.6) is 0 Å². The molecule has 1 aliphatic carbocycles. The number of hydrogen-bond donors (Lipinski definition) is 2. The molecule has 2 N–H and O–H groups in total. The standard InChI is InChI=1S/C16H20N6O2/c23-22(24)14-15(20-12-7-3-1-2-4-8-12)18-11-19-16(14)21-13-9-5-6-10-17-13/h5-6,9-12H,1-4,7-8H2,(H2,17,18,19,20,21). The highest BCUT2D eigenvalue weighted by Crippen LogP contribution is 2.32. The van der Waals surface area contributed by atoms with Gasteiger partial charge in [-0.1, -0.05) is 31.7 Å². The molecule has 0 atom stereocenters. The maximum Gasteiger partial charge on any atom is 0.353 e. The molecule has 2 aromatic heterocycles. The van der Waals surface area contributed by atoms with E-state index in [4.69, 9.17) is 0 Å². The number of nitro groups is 1. The van der Waals surface area contributed by atoms with Crippen LogP contribution in [0.3, 0.4) is 0 Å². The van der Waals surface area contributed by atoms with Gasteiger partial charge in [0.1, 0.15) is 12.1 Å². The van der Waals surface area contributed by atoms with Crippen LogP contribution in [-0.4, -0.2) is 25.9 Å². The Bertz CT molecular complexity index is 686. The summed E-state index contributed by atoms with van der Waals surface area (Å²) in [6.45, 7) is 0. The van der Waals surface area contributed by atoms with Crippen molar-refractivity contribution in [1.82, 2.24) is 15.0 Å². The lowest BCUT2D eigenvalue weighted by atomic mass is 10.1. The van der Waals surface area contributed by atoms with E-state index in [0.717, 1.165) is 25.7 Å². The van der Waals surface area contributed by atoms with E-state index in [2.05, 4.69) is 25.6 Å². The molecule has 0 saturated heterocycles. The molecule has 0 amide bonds. The first-order chi connectivity index (χ1) is 11.7. The van der Waals surface area contributed by atoms with Crippen LogP contribution in [0, 0.1) is 10.1 Å². The SMILES string of the molecule is O=[N+]([O-])c1c(Nc2ccccn2)ncnc1NC1CCCCCC1. The number of hydrogen-bond acceptors (Lipinski definition) is 7. The highest BCUT2D eigenvalue weighted by molar-refractivity contribution is 5.72. The fraction of sp³-hybridized carbons (Fsp3) is 0.438.